The molecule has 0 saturated carbocycles. The van der Waals surface area contributed by atoms with Gasteiger partial charge < -0.3 is 14.2 Å². The molecule has 0 unspecified atom stereocenters. The van der Waals surface area contributed by atoms with Gasteiger partial charge in [-0.15, -0.1) is 0 Å². The summed E-state index contributed by atoms with van der Waals surface area (Å²) in [6, 6.07) is 12.7. The lowest BCUT2D eigenvalue weighted by Crippen LogP contribution is -2.09. The number of halogens is 1. The van der Waals surface area contributed by atoms with Crippen LogP contribution in [0, 0.1) is 0 Å². The molecule has 4 nitrogen and oxygen atoms in total. The van der Waals surface area contributed by atoms with E-state index in [0.717, 1.165) is 10.2 Å². The van der Waals surface area contributed by atoms with Crippen LogP contribution in [0.15, 0.2) is 46.9 Å². The molecule has 0 atom stereocenters. The van der Waals surface area contributed by atoms with Crippen molar-refractivity contribution in [2.75, 3.05) is 20.3 Å². The lowest BCUT2D eigenvalue weighted by molar-refractivity contribution is 0.101. The molecule has 0 spiro atoms. The Kier molecular flexibility index (Phi) is 5.83. The zero-order chi connectivity index (χ0) is 15.9. The lowest BCUT2D eigenvalue weighted by atomic mass is 10.1. The molecule has 0 amide bonds. The maximum Gasteiger partial charge on any atom is 0.161 e. The van der Waals surface area contributed by atoms with Crippen LogP contribution >= 0.6 is 15.9 Å². The highest BCUT2D eigenvalue weighted by molar-refractivity contribution is 9.10. The van der Waals surface area contributed by atoms with Crippen molar-refractivity contribution in [3.8, 4) is 17.2 Å². The molecular weight excluding hydrogens is 348 g/mol. The standard InChI is InChI=1S/C17H17BrO4/c1-12(19)13-6-7-16(17(10-13)20-2)22-9-8-21-15-5-3-4-14(18)11-15/h3-7,10-11H,8-9H2,1-2H3. The van der Waals surface area contributed by atoms with Crippen molar-refractivity contribution >= 4 is 21.7 Å². The lowest BCUT2D eigenvalue weighted by Gasteiger charge is -2.12. The molecule has 2 rings (SSSR count). The SMILES string of the molecule is COc1cc(C(C)=O)ccc1OCCOc1cccc(Br)c1. The second-order valence-corrected chi connectivity index (χ2v) is 5.49. The zero-order valence-corrected chi connectivity index (χ0v) is 14.1. The van der Waals surface area contributed by atoms with Crippen LogP contribution < -0.4 is 14.2 Å². The molecular formula is C17H17BrO4. The number of benzene rings is 2. The van der Waals surface area contributed by atoms with E-state index in [1.807, 2.05) is 24.3 Å². The molecule has 0 radical (unpaired) electrons. The van der Waals surface area contributed by atoms with Crippen molar-refractivity contribution in [3.05, 3.63) is 52.5 Å². The molecule has 0 N–H and O–H groups in total. The summed E-state index contributed by atoms with van der Waals surface area (Å²) in [6.07, 6.45) is 0. The number of carbonyl (C=O) groups is 1. The van der Waals surface area contributed by atoms with Crippen molar-refractivity contribution in [2.24, 2.45) is 0 Å². The third kappa shape index (κ3) is 4.49. The maximum absolute atomic E-state index is 11.3. The molecule has 5 heteroatoms. The van der Waals surface area contributed by atoms with Crippen LogP contribution in [0.4, 0.5) is 0 Å². The van der Waals surface area contributed by atoms with E-state index in [0.29, 0.717) is 30.3 Å². The van der Waals surface area contributed by atoms with Gasteiger partial charge in [0.25, 0.3) is 0 Å². The van der Waals surface area contributed by atoms with Gasteiger partial charge in [-0.1, -0.05) is 22.0 Å². The molecule has 0 aromatic heterocycles. The highest BCUT2D eigenvalue weighted by atomic mass is 79.9. The fourth-order valence-corrected chi connectivity index (χ4v) is 2.25. The van der Waals surface area contributed by atoms with Gasteiger partial charge in [0.2, 0.25) is 0 Å². The number of ketones is 1. The highest BCUT2D eigenvalue weighted by Crippen LogP contribution is 2.28. The van der Waals surface area contributed by atoms with E-state index in [2.05, 4.69) is 15.9 Å². The summed E-state index contributed by atoms with van der Waals surface area (Å²) in [7, 11) is 1.55. The molecule has 0 bridgehead atoms. The van der Waals surface area contributed by atoms with Crippen LogP contribution in [0.2, 0.25) is 0 Å². The summed E-state index contributed by atoms with van der Waals surface area (Å²) in [5, 5.41) is 0. The molecule has 0 fully saturated rings. The van der Waals surface area contributed by atoms with Gasteiger partial charge in [-0.3, -0.25) is 4.79 Å². The summed E-state index contributed by atoms with van der Waals surface area (Å²) in [4.78, 5) is 11.3. The van der Waals surface area contributed by atoms with Crippen molar-refractivity contribution in [2.45, 2.75) is 6.92 Å². The Bertz CT molecular complexity index is 655. The van der Waals surface area contributed by atoms with Gasteiger partial charge in [-0.25, -0.2) is 0 Å². The monoisotopic (exact) mass is 364 g/mol. The number of ether oxygens (including phenoxy) is 3. The molecule has 2 aromatic carbocycles. The van der Waals surface area contributed by atoms with E-state index in [9.17, 15) is 4.79 Å². The van der Waals surface area contributed by atoms with E-state index >= 15 is 0 Å². The Morgan fingerprint density at radius 3 is 2.50 bits per heavy atom. The Balaban J connectivity index is 1.90. The van der Waals surface area contributed by atoms with E-state index < -0.39 is 0 Å². The first kappa shape index (κ1) is 16.4. The number of hydrogen-bond acceptors (Lipinski definition) is 4. The Hall–Kier alpha value is -2.01. The Labute approximate surface area is 138 Å². The summed E-state index contributed by atoms with van der Waals surface area (Å²) < 4.78 is 17.4. The van der Waals surface area contributed by atoms with Crippen molar-refractivity contribution in [3.63, 3.8) is 0 Å². The Morgan fingerprint density at radius 2 is 1.82 bits per heavy atom. The van der Waals surface area contributed by atoms with Crippen LogP contribution in [-0.2, 0) is 0 Å². The number of Topliss-reactive ketones (excluding diaryl/α,β-unsaturated/α-hetero) is 1. The molecule has 0 aliphatic carbocycles. The first-order chi connectivity index (χ1) is 10.6. The van der Waals surface area contributed by atoms with Gasteiger partial charge in [0.15, 0.2) is 17.3 Å². The van der Waals surface area contributed by atoms with E-state index in [-0.39, 0.29) is 5.78 Å². The van der Waals surface area contributed by atoms with Crippen LogP contribution in [0.3, 0.4) is 0 Å². The minimum absolute atomic E-state index is 0.0113. The van der Waals surface area contributed by atoms with Crippen LogP contribution in [0.1, 0.15) is 17.3 Å². The summed E-state index contributed by atoms with van der Waals surface area (Å²) in [5.74, 6) is 1.89. The second-order valence-electron chi connectivity index (χ2n) is 4.58. The minimum atomic E-state index is -0.0113. The summed E-state index contributed by atoms with van der Waals surface area (Å²) in [6.45, 7) is 2.30. The molecule has 0 aliphatic heterocycles. The quantitative estimate of drug-likeness (QED) is 0.547. The number of methoxy groups -OCH3 is 1. The van der Waals surface area contributed by atoms with Crippen molar-refractivity contribution in [1.29, 1.82) is 0 Å². The van der Waals surface area contributed by atoms with Gasteiger partial charge >= 0.3 is 0 Å². The number of hydrogen-bond donors (Lipinski definition) is 0. The molecule has 0 saturated heterocycles. The average Bonchev–Trinajstić information content (AvgIpc) is 2.51. The zero-order valence-electron chi connectivity index (χ0n) is 12.5. The first-order valence-electron chi connectivity index (χ1n) is 6.80. The maximum atomic E-state index is 11.3. The number of carbonyl (C=O) groups excluding carboxylic acids is 1. The van der Waals surface area contributed by atoms with Crippen molar-refractivity contribution < 1.29 is 19.0 Å². The Morgan fingerprint density at radius 1 is 1.05 bits per heavy atom. The fraction of sp³-hybridized carbons (Fsp3) is 0.235. The van der Waals surface area contributed by atoms with Crippen LogP contribution in [0.5, 0.6) is 17.2 Å². The van der Waals surface area contributed by atoms with Gasteiger partial charge in [-0.05, 0) is 43.3 Å². The van der Waals surface area contributed by atoms with E-state index in [4.69, 9.17) is 14.2 Å². The minimum Gasteiger partial charge on any atom is -0.493 e. The third-order valence-electron chi connectivity index (χ3n) is 2.98. The van der Waals surface area contributed by atoms with Gasteiger partial charge in [0.05, 0.1) is 7.11 Å². The molecule has 2 aromatic rings. The van der Waals surface area contributed by atoms with Crippen LogP contribution in [0.25, 0.3) is 0 Å². The predicted octanol–water partition coefficient (Wildman–Crippen LogP) is 4.12. The normalized spacial score (nSPS) is 10.1. The van der Waals surface area contributed by atoms with Crippen LogP contribution in [-0.4, -0.2) is 26.1 Å². The topological polar surface area (TPSA) is 44.8 Å². The third-order valence-corrected chi connectivity index (χ3v) is 3.47. The van der Waals surface area contributed by atoms with E-state index in [1.54, 1.807) is 25.3 Å². The summed E-state index contributed by atoms with van der Waals surface area (Å²) >= 11 is 3.39. The first-order valence-corrected chi connectivity index (χ1v) is 7.59. The highest BCUT2D eigenvalue weighted by Gasteiger charge is 2.08. The molecule has 0 heterocycles. The molecule has 22 heavy (non-hydrogen) atoms. The smallest absolute Gasteiger partial charge is 0.161 e. The molecule has 0 aliphatic rings. The molecule has 116 valence electrons. The van der Waals surface area contributed by atoms with Gasteiger partial charge in [0.1, 0.15) is 19.0 Å². The number of rotatable bonds is 7. The van der Waals surface area contributed by atoms with E-state index in [1.165, 1.54) is 6.92 Å². The van der Waals surface area contributed by atoms with Gasteiger partial charge in [0, 0.05) is 10.0 Å². The van der Waals surface area contributed by atoms with Crippen molar-refractivity contribution in [1.82, 2.24) is 0 Å². The summed E-state index contributed by atoms with van der Waals surface area (Å²) in [5.41, 5.74) is 0.592. The van der Waals surface area contributed by atoms with Gasteiger partial charge in [-0.2, -0.15) is 0 Å². The average molecular weight is 365 g/mol. The second kappa shape index (κ2) is 7.84. The largest absolute Gasteiger partial charge is 0.493 e. The predicted molar refractivity (Wildman–Crippen MR) is 88.1 cm³/mol. The fourth-order valence-electron chi connectivity index (χ4n) is 1.87.